The normalized spacial score (nSPS) is 11.1. The number of pyridine rings is 1. The maximum Gasteiger partial charge on any atom is 0.157 e. The highest BCUT2D eigenvalue weighted by molar-refractivity contribution is 6.35. The predicted octanol–water partition coefficient (Wildman–Crippen LogP) is 6.28. The first-order valence-electron chi connectivity index (χ1n) is 8.59. The molecule has 27 heavy (non-hydrogen) atoms. The first-order valence-corrected chi connectivity index (χ1v) is 9.35. The largest absolute Gasteiger partial charge is 0.341 e. The molecule has 0 radical (unpaired) electrons. The molecule has 0 saturated heterocycles. The van der Waals surface area contributed by atoms with Gasteiger partial charge in [0.2, 0.25) is 0 Å². The van der Waals surface area contributed by atoms with E-state index < -0.39 is 0 Å². The fourth-order valence-corrected chi connectivity index (χ4v) is 4.04. The van der Waals surface area contributed by atoms with Crippen molar-refractivity contribution >= 4 is 51.4 Å². The van der Waals surface area contributed by atoms with Crippen molar-refractivity contribution in [3.63, 3.8) is 0 Å². The molecule has 0 fully saturated rings. The highest BCUT2D eigenvalue weighted by atomic mass is 35.5. The third-order valence-corrected chi connectivity index (χ3v) is 5.15. The topological polar surface area (TPSA) is 53.1 Å². The highest BCUT2D eigenvalue weighted by Gasteiger charge is 2.20. The molecule has 6 heteroatoms. The standard InChI is InChI=1S/C21H16Cl2N4/c1-3-16-12(2)17(11-24)21-26-18-6-4-5-7-19(18)27(21)20(16)25-15-9-13(22)8-14(23)10-15/h4-10,25H,3H2,1-2H3. The monoisotopic (exact) mass is 394 g/mol. The van der Waals surface area contributed by atoms with Crippen LogP contribution in [-0.4, -0.2) is 9.38 Å². The zero-order chi connectivity index (χ0) is 19.1. The number of anilines is 2. The predicted molar refractivity (Wildman–Crippen MR) is 111 cm³/mol. The number of rotatable bonds is 3. The number of nitrogens with one attached hydrogen (secondary N) is 1. The van der Waals surface area contributed by atoms with Crippen LogP contribution in [0, 0.1) is 18.3 Å². The number of para-hydroxylation sites is 2. The molecular weight excluding hydrogens is 379 g/mol. The molecule has 134 valence electrons. The first-order chi connectivity index (χ1) is 13.0. The zero-order valence-corrected chi connectivity index (χ0v) is 16.4. The molecule has 0 aliphatic rings. The lowest BCUT2D eigenvalue weighted by atomic mass is 10.0. The van der Waals surface area contributed by atoms with Crippen LogP contribution in [0.5, 0.6) is 0 Å². The van der Waals surface area contributed by atoms with Gasteiger partial charge < -0.3 is 5.32 Å². The van der Waals surface area contributed by atoms with E-state index in [4.69, 9.17) is 28.2 Å². The number of halogens is 2. The Morgan fingerprint density at radius 2 is 1.85 bits per heavy atom. The van der Waals surface area contributed by atoms with Crippen molar-refractivity contribution in [2.24, 2.45) is 0 Å². The molecule has 0 aliphatic carbocycles. The Balaban J connectivity index is 2.10. The van der Waals surface area contributed by atoms with E-state index in [1.807, 2.05) is 47.7 Å². The summed E-state index contributed by atoms with van der Waals surface area (Å²) >= 11 is 12.3. The minimum absolute atomic E-state index is 0.556. The molecule has 0 spiro atoms. The molecule has 0 saturated carbocycles. The average molecular weight is 395 g/mol. The van der Waals surface area contributed by atoms with Gasteiger partial charge in [-0.3, -0.25) is 4.40 Å². The van der Waals surface area contributed by atoms with Gasteiger partial charge in [-0.15, -0.1) is 0 Å². The molecule has 2 aromatic heterocycles. The lowest BCUT2D eigenvalue weighted by Crippen LogP contribution is -2.07. The van der Waals surface area contributed by atoms with E-state index in [1.165, 1.54) is 0 Å². The second-order valence-corrected chi connectivity index (χ2v) is 7.21. The number of nitrogens with zero attached hydrogens (tertiary/aromatic N) is 3. The van der Waals surface area contributed by atoms with Gasteiger partial charge in [-0.25, -0.2) is 4.98 Å². The Labute approximate surface area is 167 Å². The summed E-state index contributed by atoms with van der Waals surface area (Å²) in [5, 5.41) is 14.3. The minimum Gasteiger partial charge on any atom is -0.341 e. The molecule has 0 atom stereocenters. The van der Waals surface area contributed by atoms with Gasteiger partial charge in [-0.05, 0) is 54.8 Å². The van der Waals surface area contributed by atoms with Gasteiger partial charge in [0, 0.05) is 15.7 Å². The first kappa shape index (κ1) is 17.7. The Hall–Kier alpha value is -2.74. The van der Waals surface area contributed by atoms with E-state index in [1.54, 1.807) is 6.07 Å². The summed E-state index contributed by atoms with van der Waals surface area (Å²) in [7, 11) is 0. The average Bonchev–Trinajstić information content (AvgIpc) is 3.00. The van der Waals surface area contributed by atoms with Crippen LogP contribution in [0.25, 0.3) is 16.7 Å². The second-order valence-electron chi connectivity index (χ2n) is 6.34. The van der Waals surface area contributed by atoms with Crippen molar-refractivity contribution in [2.75, 3.05) is 5.32 Å². The highest BCUT2D eigenvalue weighted by Crippen LogP contribution is 2.34. The molecule has 4 nitrogen and oxygen atoms in total. The van der Waals surface area contributed by atoms with Gasteiger partial charge >= 0.3 is 0 Å². The maximum atomic E-state index is 9.76. The summed E-state index contributed by atoms with van der Waals surface area (Å²) in [5.74, 6) is 0.871. The van der Waals surface area contributed by atoms with Gasteiger partial charge in [-0.2, -0.15) is 5.26 Å². The molecule has 4 aromatic rings. The molecule has 4 rings (SSSR count). The van der Waals surface area contributed by atoms with Crippen LogP contribution in [0.15, 0.2) is 42.5 Å². The molecule has 1 N–H and O–H groups in total. The Morgan fingerprint density at radius 1 is 1.15 bits per heavy atom. The van der Waals surface area contributed by atoms with E-state index in [-0.39, 0.29) is 0 Å². The van der Waals surface area contributed by atoms with Crippen molar-refractivity contribution in [3.05, 3.63) is 69.2 Å². The maximum absolute atomic E-state index is 9.76. The Kier molecular flexibility index (Phi) is 4.43. The minimum atomic E-state index is 0.556. The molecule has 0 bridgehead atoms. The Morgan fingerprint density at radius 3 is 2.52 bits per heavy atom. The number of hydrogen-bond donors (Lipinski definition) is 1. The van der Waals surface area contributed by atoms with Crippen molar-refractivity contribution in [3.8, 4) is 6.07 Å². The van der Waals surface area contributed by atoms with Gasteiger partial charge in [0.1, 0.15) is 11.9 Å². The molecular formula is C21H16Cl2N4. The van der Waals surface area contributed by atoms with Crippen LogP contribution in [0.3, 0.4) is 0 Å². The number of hydrogen-bond acceptors (Lipinski definition) is 3. The molecule has 2 heterocycles. The third-order valence-electron chi connectivity index (χ3n) is 4.71. The van der Waals surface area contributed by atoms with E-state index in [0.717, 1.165) is 40.1 Å². The summed E-state index contributed by atoms with van der Waals surface area (Å²) in [6.45, 7) is 4.04. The van der Waals surface area contributed by atoms with E-state index in [9.17, 15) is 5.26 Å². The number of fused-ring (bicyclic) bond motifs is 3. The SMILES string of the molecule is CCc1c(C)c(C#N)c2nc3ccccc3n2c1Nc1cc(Cl)cc(Cl)c1. The van der Waals surface area contributed by atoms with Crippen LogP contribution in [0.4, 0.5) is 11.5 Å². The van der Waals surface area contributed by atoms with Crippen LogP contribution in [0.2, 0.25) is 10.0 Å². The quantitative estimate of drug-likeness (QED) is 0.444. The van der Waals surface area contributed by atoms with Gasteiger partial charge in [0.15, 0.2) is 5.65 Å². The number of benzene rings is 2. The number of imidazole rings is 1. The summed E-state index contributed by atoms with van der Waals surface area (Å²) < 4.78 is 2.01. The van der Waals surface area contributed by atoms with Crippen molar-refractivity contribution < 1.29 is 0 Å². The number of nitriles is 1. The van der Waals surface area contributed by atoms with E-state index in [0.29, 0.717) is 21.3 Å². The number of aromatic nitrogens is 2. The lowest BCUT2D eigenvalue weighted by molar-refractivity contribution is 1.05. The van der Waals surface area contributed by atoms with E-state index >= 15 is 0 Å². The summed E-state index contributed by atoms with van der Waals surface area (Å²) in [6.07, 6.45) is 0.763. The summed E-state index contributed by atoms with van der Waals surface area (Å²) in [6, 6.07) is 15.5. The third kappa shape index (κ3) is 2.90. The van der Waals surface area contributed by atoms with Gasteiger partial charge in [0.25, 0.3) is 0 Å². The van der Waals surface area contributed by atoms with Crippen LogP contribution in [-0.2, 0) is 6.42 Å². The van der Waals surface area contributed by atoms with Crippen LogP contribution >= 0.6 is 23.2 Å². The fraction of sp³-hybridized carbons (Fsp3) is 0.143. The summed E-state index contributed by atoms with van der Waals surface area (Å²) in [5.41, 5.74) is 5.78. The van der Waals surface area contributed by atoms with Crippen LogP contribution < -0.4 is 5.32 Å². The molecule has 0 unspecified atom stereocenters. The van der Waals surface area contributed by atoms with Crippen molar-refractivity contribution in [1.82, 2.24) is 9.38 Å². The Bertz CT molecular complexity index is 1210. The molecule has 0 amide bonds. The second kappa shape index (κ2) is 6.77. The lowest BCUT2D eigenvalue weighted by Gasteiger charge is -2.18. The molecule has 2 aromatic carbocycles. The van der Waals surface area contributed by atoms with Gasteiger partial charge in [-0.1, -0.05) is 42.3 Å². The van der Waals surface area contributed by atoms with Crippen molar-refractivity contribution in [2.45, 2.75) is 20.3 Å². The van der Waals surface area contributed by atoms with Crippen LogP contribution in [0.1, 0.15) is 23.6 Å². The van der Waals surface area contributed by atoms with E-state index in [2.05, 4.69) is 18.3 Å². The fourth-order valence-electron chi connectivity index (χ4n) is 3.51. The summed E-state index contributed by atoms with van der Waals surface area (Å²) in [4.78, 5) is 4.71. The van der Waals surface area contributed by atoms with Gasteiger partial charge in [0.05, 0.1) is 16.6 Å². The smallest absolute Gasteiger partial charge is 0.157 e. The zero-order valence-electron chi connectivity index (χ0n) is 14.8. The molecule has 0 aliphatic heterocycles. The van der Waals surface area contributed by atoms with Crippen molar-refractivity contribution in [1.29, 1.82) is 5.26 Å².